The van der Waals surface area contributed by atoms with Gasteiger partial charge in [-0.3, -0.25) is 4.79 Å². The van der Waals surface area contributed by atoms with Gasteiger partial charge in [0.15, 0.2) is 5.16 Å². The van der Waals surface area contributed by atoms with Gasteiger partial charge < -0.3 is 4.98 Å². The summed E-state index contributed by atoms with van der Waals surface area (Å²) in [5.74, 6) is 1.29. The number of fused-ring (bicyclic) bond motifs is 3. The lowest BCUT2D eigenvalue weighted by Gasteiger charge is -2.43. The molecule has 2 aliphatic rings. The molecule has 2 aliphatic carbocycles. The maximum Gasteiger partial charge on any atom is 0.255 e. The molecule has 0 bridgehead atoms. The van der Waals surface area contributed by atoms with Crippen LogP contribution in [0.5, 0.6) is 0 Å². The number of benzene rings is 1. The zero-order valence-corrected chi connectivity index (χ0v) is 16.2. The molecule has 0 spiro atoms. The first kappa shape index (κ1) is 17.6. The predicted molar refractivity (Wildman–Crippen MR) is 109 cm³/mol. The van der Waals surface area contributed by atoms with E-state index in [4.69, 9.17) is 4.98 Å². The van der Waals surface area contributed by atoms with Crippen LogP contribution in [0.4, 0.5) is 0 Å². The third kappa shape index (κ3) is 2.94. The van der Waals surface area contributed by atoms with Crippen LogP contribution in [0.15, 0.2) is 46.9 Å². The van der Waals surface area contributed by atoms with E-state index in [2.05, 4.69) is 36.7 Å². The third-order valence-electron chi connectivity index (χ3n) is 6.14. The summed E-state index contributed by atoms with van der Waals surface area (Å²) in [6, 6.07) is 8.47. The highest BCUT2D eigenvalue weighted by molar-refractivity contribution is 7.99. The van der Waals surface area contributed by atoms with Crippen molar-refractivity contribution in [2.45, 2.75) is 56.0 Å². The number of hydrogen-bond donors (Lipinski definition) is 1. The molecule has 1 atom stereocenters. The molecular weight excluding hydrogens is 340 g/mol. The Morgan fingerprint density at radius 1 is 1.31 bits per heavy atom. The van der Waals surface area contributed by atoms with E-state index in [1.807, 2.05) is 12.1 Å². The fraction of sp³-hybridized carbons (Fsp3) is 0.455. The van der Waals surface area contributed by atoms with E-state index in [-0.39, 0.29) is 11.0 Å². The first-order valence-corrected chi connectivity index (χ1v) is 10.6. The largest absolute Gasteiger partial charge is 0.301 e. The molecule has 0 radical (unpaired) electrons. The molecule has 1 saturated carbocycles. The number of aromatic nitrogens is 2. The summed E-state index contributed by atoms with van der Waals surface area (Å²) in [5, 5.41) is 0.691. The molecule has 136 valence electrons. The molecule has 2 aromatic rings. The molecule has 0 unspecified atom stereocenters. The fourth-order valence-corrected chi connectivity index (χ4v) is 5.46. The maximum atomic E-state index is 13.2. The number of nitrogens with one attached hydrogen (secondary N) is 1. The number of nitrogens with zero attached hydrogens (tertiary/aromatic N) is 1. The summed E-state index contributed by atoms with van der Waals surface area (Å²) < 4.78 is 0. The Morgan fingerprint density at radius 3 is 2.85 bits per heavy atom. The van der Waals surface area contributed by atoms with Gasteiger partial charge >= 0.3 is 0 Å². The lowest BCUT2D eigenvalue weighted by Crippen LogP contribution is -2.43. The Kier molecular flexibility index (Phi) is 4.78. The first-order valence-electron chi connectivity index (χ1n) is 9.60. The van der Waals surface area contributed by atoms with Gasteiger partial charge in [-0.1, -0.05) is 68.3 Å². The van der Waals surface area contributed by atoms with Gasteiger partial charge in [0.1, 0.15) is 0 Å². The van der Waals surface area contributed by atoms with Crippen molar-refractivity contribution in [2.24, 2.45) is 5.92 Å². The van der Waals surface area contributed by atoms with Crippen LogP contribution < -0.4 is 5.56 Å². The Balaban J connectivity index is 1.90. The quantitative estimate of drug-likeness (QED) is 0.465. The molecular formula is C22H26N2OS. The van der Waals surface area contributed by atoms with Crippen LogP contribution in [0, 0.1) is 5.92 Å². The lowest BCUT2D eigenvalue weighted by molar-refractivity contribution is 0.213. The summed E-state index contributed by atoms with van der Waals surface area (Å²) in [4.78, 5) is 21.1. The van der Waals surface area contributed by atoms with E-state index >= 15 is 0 Å². The average molecular weight is 367 g/mol. The van der Waals surface area contributed by atoms with E-state index < -0.39 is 0 Å². The first-order chi connectivity index (χ1) is 12.6. The van der Waals surface area contributed by atoms with Gasteiger partial charge in [0, 0.05) is 16.7 Å². The van der Waals surface area contributed by atoms with Crippen LogP contribution >= 0.6 is 11.8 Å². The molecule has 1 N–H and O–H groups in total. The van der Waals surface area contributed by atoms with Crippen molar-refractivity contribution >= 4 is 11.8 Å². The summed E-state index contributed by atoms with van der Waals surface area (Å²) in [5.41, 5.74) is 4.17. The van der Waals surface area contributed by atoms with E-state index in [1.165, 1.54) is 49.4 Å². The smallest absolute Gasteiger partial charge is 0.255 e. The Labute approximate surface area is 159 Å². The minimum Gasteiger partial charge on any atom is -0.301 e. The summed E-state index contributed by atoms with van der Waals surface area (Å²) in [7, 11) is 0. The van der Waals surface area contributed by atoms with Crippen molar-refractivity contribution in [3.05, 3.63) is 58.4 Å². The molecule has 4 heteroatoms. The number of aromatic amines is 1. The van der Waals surface area contributed by atoms with Crippen molar-refractivity contribution in [3.8, 4) is 11.3 Å². The topological polar surface area (TPSA) is 45.8 Å². The van der Waals surface area contributed by atoms with Crippen LogP contribution in [-0.2, 0) is 11.8 Å². The third-order valence-corrected chi connectivity index (χ3v) is 7.01. The van der Waals surface area contributed by atoms with Crippen molar-refractivity contribution in [3.63, 3.8) is 0 Å². The van der Waals surface area contributed by atoms with Crippen molar-refractivity contribution < 1.29 is 0 Å². The highest BCUT2D eigenvalue weighted by atomic mass is 32.2. The van der Waals surface area contributed by atoms with Crippen molar-refractivity contribution in [1.82, 2.24) is 9.97 Å². The molecule has 1 heterocycles. The van der Waals surface area contributed by atoms with Crippen LogP contribution in [0.1, 0.15) is 50.2 Å². The van der Waals surface area contributed by atoms with Crippen molar-refractivity contribution in [1.29, 1.82) is 0 Å². The SMILES string of the molecule is C=CCSc1nc2c(c(=O)[nH]1)[C@](C)(C1CCCCC1)Cc1ccccc1-2. The van der Waals surface area contributed by atoms with Crippen LogP contribution in [0.3, 0.4) is 0 Å². The molecule has 26 heavy (non-hydrogen) atoms. The summed E-state index contributed by atoms with van der Waals surface area (Å²) >= 11 is 1.53. The Morgan fingerprint density at radius 2 is 2.08 bits per heavy atom. The van der Waals surface area contributed by atoms with Gasteiger partial charge in [0.05, 0.1) is 11.3 Å². The highest BCUT2D eigenvalue weighted by Crippen LogP contribution is 2.48. The second kappa shape index (κ2) is 7.07. The average Bonchev–Trinajstić information content (AvgIpc) is 2.67. The van der Waals surface area contributed by atoms with Crippen LogP contribution in [0.2, 0.25) is 0 Å². The number of hydrogen-bond acceptors (Lipinski definition) is 3. The number of thioether (sulfide) groups is 1. The van der Waals surface area contributed by atoms with Crippen LogP contribution in [0.25, 0.3) is 11.3 Å². The van der Waals surface area contributed by atoms with Gasteiger partial charge in [0.25, 0.3) is 5.56 Å². The fourth-order valence-electron chi connectivity index (χ4n) is 4.86. The van der Waals surface area contributed by atoms with Gasteiger partial charge in [-0.2, -0.15) is 0 Å². The minimum atomic E-state index is -0.133. The predicted octanol–water partition coefficient (Wildman–Crippen LogP) is 5.11. The maximum absolute atomic E-state index is 13.2. The Bertz CT molecular complexity index is 882. The normalized spacial score (nSPS) is 22.5. The molecule has 0 amide bonds. The highest BCUT2D eigenvalue weighted by Gasteiger charge is 2.44. The zero-order chi connectivity index (χ0) is 18.1. The molecule has 3 nitrogen and oxygen atoms in total. The molecule has 4 rings (SSSR count). The van der Waals surface area contributed by atoms with Gasteiger partial charge in [-0.05, 0) is 30.7 Å². The molecule has 0 aliphatic heterocycles. The lowest BCUT2D eigenvalue weighted by atomic mass is 9.60. The van der Waals surface area contributed by atoms with E-state index in [0.717, 1.165) is 29.0 Å². The van der Waals surface area contributed by atoms with E-state index in [1.54, 1.807) is 0 Å². The van der Waals surface area contributed by atoms with E-state index in [9.17, 15) is 4.79 Å². The van der Waals surface area contributed by atoms with Gasteiger partial charge in [-0.15, -0.1) is 6.58 Å². The molecule has 1 aromatic heterocycles. The van der Waals surface area contributed by atoms with Crippen molar-refractivity contribution in [2.75, 3.05) is 5.75 Å². The Hall–Kier alpha value is -1.81. The van der Waals surface area contributed by atoms with Gasteiger partial charge in [0.2, 0.25) is 0 Å². The monoisotopic (exact) mass is 366 g/mol. The number of H-pyrrole nitrogens is 1. The summed E-state index contributed by atoms with van der Waals surface area (Å²) in [6.07, 6.45) is 9.07. The van der Waals surface area contributed by atoms with E-state index in [0.29, 0.717) is 11.1 Å². The zero-order valence-electron chi connectivity index (χ0n) is 15.4. The number of rotatable bonds is 4. The molecule has 1 aromatic carbocycles. The second-order valence-corrected chi connectivity index (χ2v) is 8.79. The molecule has 0 saturated heterocycles. The van der Waals surface area contributed by atoms with Gasteiger partial charge in [-0.25, -0.2) is 4.98 Å². The standard InChI is InChI=1S/C22H26N2OS/c1-3-13-26-21-23-19-17-12-8-7-9-15(17)14-22(2,18(19)20(25)24-21)16-10-5-4-6-11-16/h3,7-9,12,16H,1,4-6,10-11,13-14H2,2H3,(H,23,24,25)/t22-/m0/s1. The summed E-state index contributed by atoms with van der Waals surface area (Å²) in [6.45, 7) is 6.06. The molecule has 1 fully saturated rings. The van der Waals surface area contributed by atoms with Crippen LogP contribution in [-0.4, -0.2) is 15.7 Å². The second-order valence-electron chi connectivity index (χ2n) is 7.78. The minimum absolute atomic E-state index is 0.0455.